The highest BCUT2D eigenvalue weighted by Crippen LogP contribution is 2.29. The summed E-state index contributed by atoms with van der Waals surface area (Å²) in [6.07, 6.45) is 3.20. The minimum atomic E-state index is -0.743. The predicted molar refractivity (Wildman–Crippen MR) is 129 cm³/mol. The zero-order valence-electron chi connectivity index (χ0n) is 18.4. The fourth-order valence-electron chi connectivity index (χ4n) is 3.81. The molecule has 2 atom stereocenters. The van der Waals surface area contributed by atoms with Gasteiger partial charge in [0, 0.05) is 35.8 Å². The normalized spacial score (nSPS) is 12.8. The summed E-state index contributed by atoms with van der Waals surface area (Å²) < 4.78 is 5.48. The van der Waals surface area contributed by atoms with Gasteiger partial charge in [-0.05, 0) is 42.7 Å². The van der Waals surface area contributed by atoms with Gasteiger partial charge in [-0.15, -0.1) is 0 Å². The van der Waals surface area contributed by atoms with Crippen molar-refractivity contribution in [3.05, 3.63) is 95.5 Å². The lowest BCUT2D eigenvalue weighted by molar-refractivity contribution is 0.0995. The maximum atomic E-state index is 12.3. The molecule has 0 unspecified atom stereocenters. The standard InChI is InChI=1S/C26H31N3O3/c1-3-18-12-21(32-17-18)15-28-16-25(30)23(13-19-8-6-5-7-9-19)22-11-10-20(29-4-2)14-24(22)26(27)31/h3,5-12,14,17,23,25,28-30H,1,4,13,15-16H2,2H3,(H2,27,31)/t23-,25-/m0/s1. The number of aliphatic hydroxyl groups is 1. The smallest absolute Gasteiger partial charge is 0.249 e. The number of hydrogen-bond donors (Lipinski definition) is 4. The topological polar surface area (TPSA) is 101 Å². The first-order valence-electron chi connectivity index (χ1n) is 10.8. The number of aliphatic hydroxyl groups excluding tert-OH is 1. The average molecular weight is 434 g/mol. The molecule has 0 aliphatic heterocycles. The molecule has 0 bridgehead atoms. The number of primary amides is 1. The van der Waals surface area contributed by atoms with Crippen molar-refractivity contribution in [2.45, 2.75) is 31.9 Å². The van der Waals surface area contributed by atoms with E-state index in [0.29, 0.717) is 25.1 Å². The van der Waals surface area contributed by atoms with Gasteiger partial charge >= 0.3 is 0 Å². The average Bonchev–Trinajstić information content (AvgIpc) is 3.26. The molecule has 0 spiro atoms. The monoisotopic (exact) mass is 433 g/mol. The van der Waals surface area contributed by atoms with E-state index in [0.717, 1.165) is 34.7 Å². The molecular weight excluding hydrogens is 402 g/mol. The molecule has 168 valence electrons. The van der Waals surface area contributed by atoms with E-state index in [9.17, 15) is 9.90 Å². The van der Waals surface area contributed by atoms with Crippen LogP contribution in [0.2, 0.25) is 0 Å². The van der Waals surface area contributed by atoms with Crippen LogP contribution in [0.4, 0.5) is 5.69 Å². The summed E-state index contributed by atoms with van der Waals surface area (Å²) in [5, 5.41) is 17.6. The van der Waals surface area contributed by atoms with E-state index >= 15 is 0 Å². The number of hydrogen-bond acceptors (Lipinski definition) is 5. The third kappa shape index (κ3) is 6.09. The third-order valence-electron chi connectivity index (χ3n) is 5.42. The maximum absolute atomic E-state index is 12.3. The summed E-state index contributed by atoms with van der Waals surface area (Å²) in [7, 11) is 0. The van der Waals surface area contributed by atoms with Gasteiger partial charge in [-0.25, -0.2) is 0 Å². The number of carbonyl (C=O) groups is 1. The van der Waals surface area contributed by atoms with Gasteiger partial charge in [0.25, 0.3) is 0 Å². The molecule has 1 amide bonds. The Morgan fingerprint density at radius 3 is 2.66 bits per heavy atom. The Balaban J connectivity index is 1.82. The summed E-state index contributed by atoms with van der Waals surface area (Å²) >= 11 is 0. The third-order valence-corrected chi connectivity index (χ3v) is 5.42. The minimum absolute atomic E-state index is 0.316. The van der Waals surface area contributed by atoms with Crippen LogP contribution in [0.15, 0.2) is 71.9 Å². The summed E-state index contributed by atoms with van der Waals surface area (Å²) in [5.41, 5.74) is 9.69. The SMILES string of the molecule is C=Cc1coc(CNC[C@H](O)[C@@H](Cc2ccccc2)c2ccc(NCC)cc2C(N)=O)c1. The first-order chi connectivity index (χ1) is 15.5. The fraction of sp³-hybridized carbons (Fsp3) is 0.269. The zero-order chi connectivity index (χ0) is 22.9. The lowest BCUT2D eigenvalue weighted by Gasteiger charge is -2.26. The van der Waals surface area contributed by atoms with E-state index in [1.165, 1.54) is 0 Å². The second-order valence-electron chi connectivity index (χ2n) is 7.74. The molecule has 0 saturated carbocycles. The lowest BCUT2D eigenvalue weighted by Crippen LogP contribution is -2.33. The van der Waals surface area contributed by atoms with Crippen LogP contribution in [-0.4, -0.2) is 30.2 Å². The van der Waals surface area contributed by atoms with E-state index in [1.54, 1.807) is 18.4 Å². The Labute approximate surface area is 189 Å². The van der Waals surface area contributed by atoms with Crippen LogP contribution < -0.4 is 16.4 Å². The number of anilines is 1. The second kappa shape index (κ2) is 11.3. The van der Waals surface area contributed by atoms with Crippen molar-refractivity contribution >= 4 is 17.7 Å². The van der Waals surface area contributed by atoms with Crippen LogP contribution in [0, 0.1) is 0 Å². The van der Waals surface area contributed by atoms with Gasteiger partial charge in [-0.2, -0.15) is 0 Å². The highest BCUT2D eigenvalue weighted by atomic mass is 16.3. The summed E-state index contributed by atoms with van der Waals surface area (Å²) in [4.78, 5) is 12.3. The Hall–Kier alpha value is -3.35. The van der Waals surface area contributed by atoms with E-state index in [-0.39, 0.29) is 5.92 Å². The number of nitrogens with two attached hydrogens (primary N) is 1. The van der Waals surface area contributed by atoms with Gasteiger partial charge in [0.05, 0.1) is 18.9 Å². The minimum Gasteiger partial charge on any atom is -0.467 e. The van der Waals surface area contributed by atoms with Gasteiger partial charge in [0.15, 0.2) is 0 Å². The molecule has 32 heavy (non-hydrogen) atoms. The second-order valence-corrected chi connectivity index (χ2v) is 7.74. The Kier molecular flexibility index (Phi) is 8.25. The molecule has 3 rings (SSSR count). The Morgan fingerprint density at radius 2 is 2.00 bits per heavy atom. The van der Waals surface area contributed by atoms with Gasteiger partial charge in [-0.3, -0.25) is 4.79 Å². The van der Waals surface area contributed by atoms with Crippen LogP contribution in [0.5, 0.6) is 0 Å². The van der Waals surface area contributed by atoms with Crippen LogP contribution in [-0.2, 0) is 13.0 Å². The molecule has 6 nitrogen and oxygen atoms in total. The largest absolute Gasteiger partial charge is 0.467 e. The van der Waals surface area contributed by atoms with Gasteiger partial charge in [0.2, 0.25) is 5.91 Å². The first kappa shape index (κ1) is 23.3. The number of rotatable bonds is 12. The van der Waals surface area contributed by atoms with Crippen LogP contribution in [0.3, 0.4) is 0 Å². The van der Waals surface area contributed by atoms with Crippen LogP contribution in [0.25, 0.3) is 6.08 Å². The highest BCUT2D eigenvalue weighted by molar-refractivity contribution is 5.95. The van der Waals surface area contributed by atoms with Crippen LogP contribution in [0.1, 0.15) is 45.7 Å². The van der Waals surface area contributed by atoms with E-state index in [4.69, 9.17) is 10.2 Å². The number of carbonyl (C=O) groups excluding carboxylic acids is 1. The van der Waals surface area contributed by atoms with E-state index in [1.807, 2.05) is 55.5 Å². The highest BCUT2D eigenvalue weighted by Gasteiger charge is 2.26. The van der Waals surface area contributed by atoms with Gasteiger partial charge < -0.3 is 25.9 Å². The zero-order valence-corrected chi connectivity index (χ0v) is 18.4. The van der Waals surface area contributed by atoms with Gasteiger partial charge in [-0.1, -0.05) is 49.1 Å². The van der Waals surface area contributed by atoms with Crippen LogP contribution >= 0.6 is 0 Å². The molecule has 0 aliphatic carbocycles. The number of nitrogens with one attached hydrogen (secondary N) is 2. The Morgan fingerprint density at radius 1 is 1.22 bits per heavy atom. The van der Waals surface area contributed by atoms with Crippen molar-refractivity contribution in [2.75, 3.05) is 18.4 Å². The van der Waals surface area contributed by atoms with E-state index in [2.05, 4.69) is 17.2 Å². The first-order valence-corrected chi connectivity index (χ1v) is 10.8. The summed E-state index contributed by atoms with van der Waals surface area (Å²) in [6, 6.07) is 17.4. The number of benzene rings is 2. The number of furan rings is 1. The molecule has 0 aliphatic rings. The summed E-state index contributed by atoms with van der Waals surface area (Å²) in [5.74, 6) is -0.0616. The molecular formula is C26H31N3O3. The predicted octanol–water partition coefficient (Wildman–Crippen LogP) is 3.93. The molecule has 1 aromatic heterocycles. The van der Waals surface area contributed by atoms with Gasteiger partial charge in [0.1, 0.15) is 5.76 Å². The van der Waals surface area contributed by atoms with E-state index < -0.39 is 12.0 Å². The molecule has 0 fully saturated rings. The lowest BCUT2D eigenvalue weighted by atomic mass is 9.84. The molecule has 0 radical (unpaired) electrons. The Bertz CT molecular complexity index is 1030. The quantitative estimate of drug-likeness (QED) is 0.347. The van der Waals surface area contributed by atoms with Crippen molar-refractivity contribution in [1.82, 2.24) is 5.32 Å². The van der Waals surface area contributed by atoms with Crippen molar-refractivity contribution in [3.8, 4) is 0 Å². The molecule has 1 heterocycles. The molecule has 6 heteroatoms. The maximum Gasteiger partial charge on any atom is 0.249 e. The number of amides is 1. The molecule has 5 N–H and O–H groups in total. The molecule has 2 aromatic carbocycles. The van der Waals surface area contributed by atoms with Crippen molar-refractivity contribution in [3.63, 3.8) is 0 Å². The molecule has 3 aromatic rings. The van der Waals surface area contributed by atoms with Crippen molar-refractivity contribution in [2.24, 2.45) is 5.73 Å². The summed E-state index contributed by atoms with van der Waals surface area (Å²) in [6.45, 7) is 7.25. The van der Waals surface area contributed by atoms with Crippen molar-refractivity contribution in [1.29, 1.82) is 0 Å². The fourth-order valence-corrected chi connectivity index (χ4v) is 3.81. The molecule has 0 saturated heterocycles. The van der Waals surface area contributed by atoms with Crippen molar-refractivity contribution < 1.29 is 14.3 Å².